The third-order valence-corrected chi connectivity index (χ3v) is 6.29. The predicted octanol–water partition coefficient (Wildman–Crippen LogP) is 2.65. The molecule has 0 amide bonds. The number of carboxylic acids is 1. The first kappa shape index (κ1) is 42.6. The summed E-state index contributed by atoms with van der Waals surface area (Å²) in [7, 11) is -3.71. The van der Waals surface area contributed by atoms with Gasteiger partial charge in [0, 0.05) is 11.5 Å². The van der Waals surface area contributed by atoms with Gasteiger partial charge in [-0.1, -0.05) is 62.3 Å². The minimum atomic E-state index is -4.35. The molecule has 46 heavy (non-hydrogen) atoms. The maximum Gasteiger partial charge on any atom is 0.317 e. The van der Waals surface area contributed by atoms with Crippen LogP contribution in [-0.4, -0.2) is 73.6 Å². The van der Waals surface area contributed by atoms with E-state index in [0.717, 1.165) is 4.68 Å². The van der Waals surface area contributed by atoms with Crippen LogP contribution in [-0.2, 0) is 25.7 Å². The highest BCUT2D eigenvalue weighted by Gasteiger charge is 2.22. The largest absolute Gasteiger partial charge is 0.778 e. The van der Waals surface area contributed by atoms with Gasteiger partial charge >= 0.3 is 5.97 Å². The molecular weight excluding hydrogens is 685 g/mol. The molecule has 3 aromatic rings. The normalized spacial score (nSPS) is 11.8. The number of anilines is 1. The number of rotatable bonds is 8. The van der Waals surface area contributed by atoms with E-state index < -0.39 is 31.3 Å². The molecule has 0 bridgehead atoms. The maximum atomic E-state index is 11.7. The maximum absolute atomic E-state index is 11.7. The van der Waals surface area contributed by atoms with E-state index in [1.807, 2.05) is 32.2 Å². The van der Waals surface area contributed by atoms with Crippen molar-refractivity contribution >= 4 is 59.2 Å². The average Bonchev–Trinajstić information content (AvgIpc) is 2.92. The van der Waals surface area contributed by atoms with Crippen molar-refractivity contribution in [2.45, 2.75) is 31.3 Å². The SMILES string of the molecule is CSc1nnc(C(C)(C)C)c(=O)n1N.C[S+](C)C.Nc1c([N+](=O)[O-])ccc(Oc2ccccc2)c1Cl.O=C(O)CNCP(=O)([O-])O. The number of aromatic nitrogens is 3. The number of nitro groups is 1. The van der Waals surface area contributed by atoms with Gasteiger partial charge in [0.15, 0.2) is 0 Å². The van der Waals surface area contributed by atoms with E-state index in [2.05, 4.69) is 29.0 Å². The summed E-state index contributed by atoms with van der Waals surface area (Å²) in [6, 6.07) is 11.6. The Labute approximate surface area is 278 Å². The van der Waals surface area contributed by atoms with Crippen LogP contribution in [0.1, 0.15) is 26.5 Å². The number of para-hydroxylation sites is 1. The third kappa shape index (κ3) is 16.8. The summed E-state index contributed by atoms with van der Waals surface area (Å²) >= 11 is 7.23. The lowest BCUT2D eigenvalue weighted by Gasteiger charge is -2.16. The van der Waals surface area contributed by atoms with Crippen molar-refractivity contribution in [3.63, 3.8) is 0 Å². The summed E-state index contributed by atoms with van der Waals surface area (Å²) in [5, 5.41) is 28.9. The smallest absolute Gasteiger partial charge is 0.317 e. The van der Waals surface area contributed by atoms with E-state index in [4.69, 9.17) is 37.9 Å². The first-order valence-corrected chi connectivity index (χ1v) is 18.6. The Morgan fingerprint density at radius 1 is 1.20 bits per heavy atom. The number of aliphatic carboxylic acids is 1. The van der Waals surface area contributed by atoms with E-state index in [-0.39, 0.29) is 33.1 Å². The quantitative estimate of drug-likeness (QED) is 0.0425. The fraction of sp³-hybridized carbons (Fsp3) is 0.385. The van der Waals surface area contributed by atoms with E-state index in [1.165, 1.54) is 23.9 Å². The molecule has 16 nitrogen and oxygen atoms in total. The zero-order valence-electron chi connectivity index (χ0n) is 26.3. The number of nitrogen functional groups attached to an aromatic ring is 2. The zero-order valence-corrected chi connectivity index (χ0v) is 29.6. The van der Waals surface area contributed by atoms with Gasteiger partial charge in [-0.05, 0) is 35.3 Å². The fourth-order valence-corrected chi connectivity index (χ4v) is 3.71. The molecule has 2 aromatic carbocycles. The van der Waals surface area contributed by atoms with Crippen molar-refractivity contribution in [1.29, 1.82) is 0 Å². The minimum Gasteiger partial charge on any atom is -0.778 e. The first-order chi connectivity index (χ1) is 21.1. The topological polar surface area (TPSA) is 262 Å². The molecule has 0 spiro atoms. The summed E-state index contributed by atoms with van der Waals surface area (Å²) in [6.45, 7) is 5.22. The van der Waals surface area contributed by atoms with Gasteiger partial charge in [0.25, 0.3) is 11.2 Å². The van der Waals surface area contributed by atoms with Gasteiger partial charge in [-0.2, -0.15) is 4.68 Å². The Hall–Kier alpha value is -3.38. The Kier molecular flexibility index (Phi) is 18.5. The number of ether oxygens (including phenoxy) is 1. The van der Waals surface area contributed by atoms with Crippen molar-refractivity contribution in [3.8, 4) is 11.5 Å². The van der Waals surface area contributed by atoms with Crippen LogP contribution in [0.5, 0.6) is 11.5 Å². The van der Waals surface area contributed by atoms with Crippen LogP contribution in [0.2, 0.25) is 5.02 Å². The van der Waals surface area contributed by atoms with E-state index in [9.17, 15) is 29.2 Å². The Bertz CT molecular complexity index is 1530. The van der Waals surface area contributed by atoms with Crippen molar-refractivity contribution in [1.82, 2.24) is 20.2 Å². The second kappa shape index (κ2) is 20.0. The molecule has 3 rings (SSSR count). The zero-order chi connectivity index (χ0) is 35.8. The van der Waals surface area contributed by atoms with Crippen molar-refractivity contribution in [2.24, 2.45) is 0 Å². The van der Waals surface area contributed by atoms with E-state index in [1.54, 1.807) is 30.5 Å². The second-order valence-electron chi connectivity index (χ2n) is 10.3. The number of hydrogen-bond donors (Lipinski definition) is 5. The molecule has 0 fully saturated rings. The highest BCUT2D eigenvalue weighted by Crippen LogP contribution is 2.38. The van der Waals surface area contributed by atoms with Gasteiger partial charge < -0.3 is 35.8 Å². The molecule has 7 N–H and O–H groups in total. The second-order valence-corrected chi connectivity index (χ2v) is 15.5. The number of carboxylic acid groups (broad SMARTS) is 1. The van der Waals surface area contributed by atoms with Gasteiger partial charge in [-0.25, -0.2) is 0 Å². The molecule has 0 aliphatic carbocycles. The van der Waals surface area contributed by atoms with Gasteiger partial charge in [-0.15, -0.1) is 10.2 Å². The molecule has 0 saturated carbocycles. The minimum absolute atomic E-state index is 0.0352. The predicted molar refractivity (Wildman–Crippen MR) is 181 cm³/mol. The van der Waals surface area contributed by atoms with Crippen LogP contribution in [0.25, 0.3) is 0 Å². The number of nitro benzene ring substituents is 1. The van der Waals surface area contributed by atoms with Gasteiger partial charge in [0.2, 0.25) is 5.16 Å². The van der Waals surface area contributed by atoms with Crippen molar-refractivity contribution in [3.05, 3.63) is 73.6 Å². The number of hydrogen-bond acceptors (Lipinski definition) is 13. The first-order valence-electron chi connectivity index (χ1n) is 12.8. The lowest BCUT2D eigenvalue weighted by molar-refractivity contribution is -0.383. The molecule has 1 atom stereocenters. The number of halogens is 1. The lowest BCUT2D eigenvalue weighted by atomic mass is 9.93. The van der Waals surface area contributed by atoms with Crippen LogP contribution in [0.3, 0.4) is 0 Å². The van der Waals surface area contributed by atoms with Crippen LogP contribution < -0.4 is 32.1 Å². The third-order valence-electron chi connectivity index (χ3n) is 4.63. The molecule has 1 heterocycles. The summed E-state index contributed by atoms with van der Waals surface area (Å²) in [4.78, 5) is 49.6. The Morgan fingerprint density at radius 3 is 2.17 bits per heavy atom. The number of benzene rings is 2. The molecule has 0 radical (unpaired) electrons. The summed E-state index contributed by atoms with van der Waals surface area (Å²) in [5.74, 6) is 5.26. The lowest BCUT2D eigenvalue weighted by Crippen LogP contribution is -2.37. The average molecular weight is 724 g/mol. The van der Waals surface area contributed by atoms with Gasteiger partial charge in [0.05, 0.1) is 36.5 Å². The number of carbonyl (C=O) groups is 1. The number of nitrogens with one attached hydrogen (secondary N) is 1. The summed E-state index contributed by atoms with van der Waals surface area (Å²) in [5.41, 5.74) is 5.02. The van der Waals surface area contributed by atoms with Crippen LogP contribution in [0.15, 0.2) is 52.4 Å². The molecule has 256 valence electrons. The van der Waals surface area contributed by atoms with Gasteiger partial charge in [-0.3, -0.25) is 25.0 Å². The molecule has 1 aromatic heterocycles. The van der Waals surface area contributed by atoms with Crippen molar-refractivity contribution in [2.75, 3.05) is 49.4 Å². The van der Waals surface area contributed by atoms with Crippen LogP contribution in [0.4, 0.5) is 11.4 Å². The number of nitrogens with two attached hydrogens (primary N) is 2. The van der Waals surface area contributed by atoms with Gasteiger partial charge in [0.1, 0.15) is 35.5 Å². The Morgan fingerprint density at radius 2 is 1.74 bits per heavy atom. The molecule has 20 heteroatoms. The van der Waals surface area contributed by atoms with E-state index >= 15 is 0 Å². The Balaban J connectivity index is 0.000000647. The molecule has 0 aliphatic rings. The molecule has 1 unspecified atom stereocenters. The summed E-state index contributed by atoms with van der Waals surface area (Å²) in [6.07, 6.45) is 7.67. The molecule has 0 saturated heterocycles. The monoisotopic (exact) mass is 723 g/mol. The highest BCUT2D eigenvalue weighted by molar-refractivity contribution is 7.98. The fourth-order valence-electron chi connectivity index (χ4n) is 2.72. The molecule has 0 aliphatic heterocycles. The number of nitrogens with zero attached hydrogens (tertiary/aromatic N) is 4. The van der Waals surface area contributed by atoms with Crippen LogP contribution in [0, 0.1) is 10.1 Å². The van der Waals surface area contributed by atoms with E-state index in [0.29, 0.717) is 27.5 Å². The highest BCUT2D eigenvalue weighted by atomic mass is 35.5. The molecular formula is C26H39ClN7O9PS2. The van der Waals surface area contributed by atoms with Crippen LogP contribution >= 0.6 is 31.0 Å². The van der Waals surface area contributed by atoms with Crippen molar-refractivity contribution < 1.29 is 33.9 Å². The summed E-state index contributed by atoms with van der Waals surface area (Å²) < 4.78 is 16.5. The number of thioether (sulfide) groups is 1. The standard InChI is InChI=1S/C12H9ClN2O3.C8H14N4OS.C3H8NO5P.C3H9S/c13-11-10(18-8-4-2-1-3-5-8)7-6-9(12(11)14)15(16)17;1-8(2,3)5-6(13)12(9)7(14-4)11-10-5;5-3(6)1-4-2-10(7,8)9;1-4(2)3/h1-7H,14H2;9H2,1-4H3;4H,1-2H2,(H,5,6)(H2,7,8,9);1-3H3/q;;;+1/p-1.